The van der Waals surface area contributed by atoms with Crippen LogP contribution in [0.15, 0.2) is 0 Å². The summed E-state index contributed by atoms with van der Waals surface area (Å²) in [5.74, 6) is -0.132. The van der Waals surface area contributed by atoms with E-state index in [4.69, 9.17) is 5.73 Å². The second-order valence-corrected chi connectivity index (χ2v) is 7.77. The smallest absolute Gasteiger partial charge is 0.327 e. The predicted molar refractivity (Wildman–Crippen MR) is 89.0 cm³/mol. The number of likely N-dealkylation sites (N-methyl/N-ethyl adjacent to an activating group) is 1. The number of nitrogens with zero attached hydrogens (tertiary/aromatic N) is 2. The van der Waals surface area contributed by atoms with Crippen molar-refractivity contribution in [3.8, 4) is 0 Å². The molecule has 2 aliphatic carbocycles. The van der Waals surface area contributed by atoms with Crippen molar-refractivity contribution in [1.82, 2.24) is 15.1 Å². The maximum atomic E-state index is 12.9. The highest BCUT2D eigenvalue weighted by molar-refractivity contribution is 6.09. The van der Waals surface area contributed by atoms with Crippen LogP contribution in [0.4, 0.5) is 4.79 Å². The summed E-state index contributed by atoms with van der Waals surface area (Å²) in [6, 6.07) is -0.363. The first-order valence-electron chi connectivity index (χ1n) is 8.95. The molecule has 3 N–H and O–H groups in total. The Morgan fingerprint density at radius 1 is 1.29 bits per heavy atom. The van der Waals surface area contributed by atoms with Gasteiger partial charge in [0, 0.05) is 13.6 Å². The third-order valence-electron chi connectivity index (χ3n) is 6.11. The lowest BCUT2D eigenvalue weighted by Crippen LogP contribution is -2.56. The number of amides is 4. The minimum Gasteiger partial charge on any atom is -0.348 e. The molecule has 3 fully saturated rings. The SMILES string of the molecule is CN1C(=O)N(CC(=O)NC(C)(CN)C2CC2)C(=O)C12CCCCC2. The van der Waals surface area contributed by atoms with Crippen LogP contribution in [0.3, 0.4) is 0 Å². The van der Waals surface area contributed by atoms with Gasteiger partial charge in [-0.05, 0) is 38.5 Å². The number of urea groups is 1. The molecule has 1 unspecified atom stereocenters. The topological polar surface area (TPSA) is 95.7 Å². The Labute approximate surface area is 142 Å². The van der Waals surface area contributed by atoms with E-state index in [1.54, 1.807) is 11.9 Å². The van der Waals surface area contributed by atoms with Gasteiger partial charge in [0.2, 0.25) is 5.91 Å². The fourth-order valence-corrected chi connectivity index (χ4v) is 4.21. The molecule has 0 aromatic heterocycles. The highest BCUT2D eigenvalue weighted by atomic mass is 16.2. The van der Waals surface area contributed by atoms with E-state index in [0.29, 0.717) is 25.3 Å². The summed E-state index contributed by atoms with van der Waals surface area (Å²) in [6.45, 7) is 2.08. The van der Waals surface area contributed by atoms with Gasteiger partial charge < -0.3 is 16.0 Å². The van der Waals surface area contributed by atoms with Crippen molar-refractivity contribution in [2.75, 3.05) is 20.1 Å². The molecule has 1 atom stereocenters. The second kappa shape index (κ2) is 6.02. The first kappa shape index (κ1) is 17.2. The molecule has 4 amide bonds. The molecule has 0 aromatic rings. The van der Waals surface area contributed by atoms with Crippen molar-refractivity contribution in [3.63, 3.8) is 0 Å². The minimum absolute atomic E-state index is 0.216. The van der Waals surface area contributed by atoms with Gasteiger partial charge in [0.25, 0.3) is 5.91 Å². The zero-order valence-corrected chi connectivity index (χ0v) is 14.6. The van der Waals surface area contributed by atoms with Crippen molar-refractivity contribution in [2.24, 2.45) is 11.7 Å². The highest BCUT2D eigenvalue weighted by Gasteiger charge is 2.56. The van der Waals surface area contributed by atoms with Crippen LogP contribution >= 0.6 is 0 Å². The van der Waals surface area contributed by atoms with Crippen LogP contribution in [0.2, 0.25) is 0 Å². The Bertz CT molecular complexity index is 554. The summed E-state index contributed by atoms with van der Waals surface area (Å²) in [4.78, 5) is 40.5. The molecule has 3 aliphatic rings. The Morgan fingerprint density at radius 2 is 1.92 bits per heavy atom. The summed E-state index contributed by atoms with van der Waals surface area (Å²) in [5.41, 5.74) is 4.64. The van der Waals surface area contributed by atoms with E-state index in [9.17, 15) is 14.4 Å². The normalized spacial score (nSPS) is 26.0. The van der Waals surface area contributed by atoms with Gasteiger partial charge in [-0.15, -0.1) is 0 Å². The third kappa shape index (κ3) is 2.68. The largest absolute Gasteiger partial charge is 0.348 e. The number of hydrogen-bond donors (Lipinski definition) is 2. The van der Waals surface area contributed by atoms with Gasteiger partial charge in [-0.1, -0.05) is 19.3 Å². The monoisotopic (exact) mass is 336 g/mol. The predicted octanol–water partition coefficient (Wildman–Crippen LogP) is 0.827. The molecule has 0 aromatic carbocycles. The molecule has 1 spiro atoms. The molecular weight excluding hydrogens is 308 g/mol. The standard InChI is InChI=1S/C17H28N4O3/c1-16(11-18,12-6-7-12)19-13(22)10-21-14(23)17(20(2)15(21)24)8-4-3-5-9-17/h12H,3-11,18H2,1-2H3,(H,19,22). The first-order chi connectivity index (χ1) is 11.3. The average molecular weight is 336 g/mol. The molecule has 0 radical (unpaired) electrons. The Balaban J connectivity index is 1.69. The fourth-order valence-electron chi connectivity index (χ4n) is 4.21. The Morgan fingerprint density at radius 3 is 2.46 bits per heavy atom. The molecule has 3 rings (SSSR count). The molecule has 1 aliphatic heterocycles. The van der Waals surface area contributed by atoms with E-state index < -0.39 is 11.1 Å². The van der Waals surface area contributed by atoms with Crippen LogP contribution in [0.5, 0.6) is 0 Å². The van der Waals surface area contributed by atoms with Crippen LogP contribution in [0, 0.1) is 5.92 Å². The van der Waals surface area contributed by atoms with Crippen molar-refractivity contribution in [2.45, 2.75) is 62.9 Å². The second-order valence-electron chi connectivity index (χ2n) is 7.77. The van der Waals surface area contributed by atoms with E-state index in [-0.39, 0.29) is 24.4 Å². The van der Waals surface area contributed by atoms with Gasteiger partial charge in [0.05, 0.1) is 5.54 Å². The molecule has 7 heteroatoms. The molecular formula is C17H28N4O3. The van der Waals surface area contributed by atoms with E-state index in [0.717, 1.165) is 37.0 Å². The molecule has 7 nitrogen and oxygen atoms in total. The van der Waals surface area contributed by atoms with Gasteiger partial charge in [0.15, 0.2) is 0 Å². The number of carbonyl (C=O) groups excluding carboxylic acids is 3. The van der Waals surface area contributed by atoms with Gasteiger partial charge in [0.1, 0.15) is 12.1 Å². The summed E-state index contributed by atoms with van der Waals surface area (Å²) in [6.07, 6.45) is 6.47. The van der Waals surface area contributed by atoms with Crippen LogP contribution in [0.1, 0.15) is 51.9 Å². The average Bonchev–Trinajstić information content (AvgIpc) is 3.41. The molecule has 0 bridgehead atoms. The fraction of sp³-hybridized carbons (Fsp3) is 0.824. The van der Waals surface area contributed by atoms with Crippen LogP contribution in [-0.4, -0.2) is 58.9 Å². The number of nitrogens with two attached hydrogens (primary N) is 1. The zero-order valence-electron chi connectivity index (χ0n) is 14.6. The first-order valence-corrected chi connectivity index (χ1v) is 8.95. The van der Waals surface area contributed by atoms with E-state index in [1.807, 2.05) is 6.92 Å². The van der Waals surface area contributed by atoms with Crippen LogP contribution < -0.4 is 11.1 Å². The molecule has 1 saturated heterocycles. The molecule has 134 valence electrons. The van der Waals surface area contributed by atoms with Gasteiger partial charge in [-0.2, -0.15) is 0 Å². The summed E-state index contributed by atoms with van der Waals surface area (Å²) >= 11 is 0. The minimum atomic E-state index is -0.733. The van der Waals surface area contributed by atoms with Crippen LogP contribution in [0.25, 0.3) is 0 Å². The molecule has 1 heterocycles. The number of nitrogens with one attached hydrogen (secondary N) is 1. The lowest BCUT2D eigenvalue weighted by atomic mass is 9.81. The zero-order chi connectivity index (χ0) is 17.5. The number of carbonyl (C=O) groups is 3. The van der Waals surface area contributed by atoms with Gasteiger partial charge in [-0.25, -0.2) is 4.79 Å². The van der Waals surface area contributed by atoms with Crippen LogP contribution in [-0.2, 0) is 9.59 Å². The van der Waals surface area contributed by atoms with Crippen molar-refractivity contribution < 1.29 is 14.4 Å². The lowest BCUT2D eigenvalue weighted by Gasteiger charge is -2.35. The number of imide groups is 1. The maximum Gasteiger partial charge on any atom is 0.327 e. The van der Waals surface area contributed by atoms with Crippen molar-refractivity contribution >= 4 is 17.8 Å². The highest BCUT2D eigenvalue weighted by Crippen LogP contribution is 2.40. The van der Waals surface area contributed by atoms with E-state index >= 15 is 0 Å². The quantitative estimate of drug-likeness (QED) is 0.727. The lowest BCUT2D eigenvalue weighted by molar-refractivity contribution is -0.137. The van der Waals surface area contributed by atoms with E-state index in [2.05, 4.69) is 5.32 Å². The van der Waals surface area contributed by atoms with Gasteiger partial charge >= 0.3 is 6.03 Å². The number of rotatable bonds is 5. The van der Waals surface area contributed by atoms with Gasteiger partial charge in [-0.3, -0.25) is 14.5 Å². The van der Waals surface area contributed by atoms with Crippen molar-refractivity contribution in [1.29, 1.82) is 0 Å². The number of hydrogen-bond acceptors (Lipinski definition) is 4. The Kier molecular flexibility index (Phi) is 4.32. The van der Waals surface area contributed by atoms with Crippen molar-refractivity contribution in [3.05, 3.63) is 0 Å². The summed E-state index contributed by atoms with van der Waals surface area (Å²) in [5, 5.41) is 2.95. The summed E-state index contributed by atoms with van der Waals surface area (Å²) in [7, 11) is 1.68. The molecule has 2 saturated carbocycles. The maximum absolute atomic E-state index is 12.9. The Hall–Kier alpha value is -1.63. The molecule has 24 heavy (non-hydrogen) atoms. The van der Waals surface area contributed by atoms with E-state index in [1.165, 1.54) is 0 Å². The summed E-state index contributed by atoms with van der Waals surface area (Å²) < 4.78 is 0. The third-order valence-corrected chi connectivity index (χ3v) is 6.11.